The van der Waals surface area contributed by atoms with Gasteiger partial charge in [0.1, 0.15) is 29.9 Å². The van der Waals surface area contributed by atoms with Crippen LogP contribution in [0.5, 0.6) is 5.88 Å². The highest BCUT2D eigenvalue weighted by molar-refractivity contribution is 5.92. The van der Waals surface area contributed by atoms with Gasteiger partial charge in [-0.3, -0.25) is 0 Å². The first-order chi connectivity index (χ1) is 21.2. The van der Waals surface area contributed by atoms with E-state index >= 15 is 8.78 Å². The number of rotatable bonds is 9. The van der Waals surface area contributed by atoms with Gasteiger partial charge in [0, 0.05) is 43.4 Å². The van der Waals surface area contributed by atoms with Crippen molar-refractivity contribution in [3.63, 3.8) is 0 Å². The van der Waals surface area contributed by atoms with Crippen LogP contribution in [0.15, 0.2) is 66.7 Å². The molecule has 7 nitrogen and oxygen atoms in total. The number of carboxylic acid groups (broad SMARTS) is 1. The Morgan fingerprint density at radius 3 is 2.52 bits per heavy atom. The molecule has 6 rings (SSSR count). The van der Waals surface area contributed by atoms with E-state index in [4.69, 9.17) is 9.47 Å². The molecule has 10 heteroatoms. The first kappa shape index (κ1) is 29.4. The van der Waals surface area contributed by atoms with Crippen LogP contribution >= 0.6 is 0 Å². The fourth-order valence-corrected chi connectivity index (χ4v) is 5.49. The van der Waals surface area contributed by atoms with Crippen molar-refractivity contribution in [1.82, 2.24) is 14.5 Å². The van der Waals surface area contributed by atoms with E-state index in [2.05, 4.69) is 9.97 Å². The van der Waals surface area contributed by atoms with Crippen LogP contribution in [0.1, 0.15) is 45.7 Å². The number of aromatic nitrogens is 3. The monoisotopic (exact) mass is 601 g/mol. The van der Waals surface area contributed by atoms with Crippen molar-refractivity contribution < 1.29 is 32.5 Å². The number of carboxylic acids is 1. The van der Waals surface area contributed by atoms with E-state index in [1.54, 1.807) is 49.4 Å². The van der Waals surface area contributed by atoms with Crippen molar-refractivity contribution in [1.29, 1.82) is 0 Å². The third-order valence-corrected chi connectivity index (χ3v) is 7.92. The second kappa shape index (κ2) is 12.5. The van der Waals surface area contributed by atoms with Gasteiger partial charge in [-0.25, -0.2) is 27.9 Å². The number of halogens is 3. The molecule has 3 aromatic carbocycles. The number of hydrogen-bond acceptors (Lipinski definition) is 5. The molecule has 0 unspecified atom stereocenters. The predicted molar refractivity (Wildman–Crippen MR) is 158 cm³/mol. The van der Waals surface area contributed by atoms with Crippen LogP contribution in [-0.2, 0) is 24.3 Å². The number of pyridine rings is 1. The van der Waals surface area contributed by atoms with Crippen LogP contribution in [0.25, 0.3) is 22.3 Å². The maximum absolute atomic E-state index is 15.6. The van der Waals surface area contributed by atoms with Crippen LogP contribution in [0.2, 0.25) is 0 Å². The summed E-state index contributed by atoms with van der Waals surface area (Å²) in [5.74, 6) is -1.82. The van der Waals surface area contributed by atoms with Gasteiger partial charge >= 0.3 is 5.97 Å². The average molecular weight is 602 g/mol. The predicted octanol–water partition coefficient (Wildman–Crippen LogP) is 7.12. The van der Waals surface area contributed by atoms with Gasteiger partial charge in [0.2, 0.25) is 5.88 Å². The van der Waals surface area contributed by atoms with Crippen LogP contribution in [0.3, 0.4) is 0 Å². The summed E-state index contributed by atoms with van der Waals surface area (Å²) in [5.41, 5.74) is 2.72. The molecule has 2 aromatic heterocycles. The van der Waals surface area contributed by atoms with Gasteiger partial charge < -0.3 is 19.1 Å². The van der Waals surface area contributed by atoms with Gasteiger partial charge in [0.05, 0.1) is 22.3 Å². The van der Waals surface area contributed by atoms with Crippen molar-refractivity contribution in [2.45, 2.75) is 39.3 Å². The molecular weight excluding hydrogens is 571 g/mol. The molecule has 1 fully saturated rings. The van der Waals surface area contributed by atoms with E-state index in [1.807, 2.05) is 4.57 Å². The molecule has 0 saturated carbocycles. The lowest BCUT2D eigenvalue weighted by Gasteiger charge is -2.23. The number of nitrogens with zero attached hydrogens (tertiary/aromatic N) is 3. The minimum atomic E-state index is -1.05. The molecule has 0 radical (unpaired) electrons. The smallest absolute Gasteiger partial charge is 0.335 e. The van der Waals surface area contributed by atoms with Crippen molar-refractivity contribution in [3.05, 3.63) is 112 Å². The first-order valence-electron chi connectivity index (χ1n) is 14.4. The molecule has 3 heterocycles. The number of benzene rings is 3. The zero-order chi connectivity index (χ0) is 30.8. The standard InChI is InChI=1S/C34H30F3N3O4/c1-20-5-6-23(26(35)13-20)19-44-33-4-2-3-29(39-33)25-17-27(36)24(14-28(25)37)16-32-38-30-8-7-22(34(41)42)15-31(30)40(32)18-21-9-11-43-12-10-21/h2-8,13-15,17,21H,9-12,16,18-19H2,1H3,(H,41,42). The van der Waals surface area contributed by atoms with Crippen LogP contribution < -0.4 is 4.74 Å². The van der Waals surface area contributed by atoms with Gasteiger partial charge in [-0.1, -0.05) is 18.2 Å². The maximum atomic E-state index is 15.6. The van der Waals surface area contributed by atoms with E-state index in [0.29, 0.717) is 42.2 Å². The topological polar surface area (TPSA) is 86.5 Å². The molecule has 1 aliphatic heterocycles. The van der Waals surface area contributed by atoms with Crippen LogP contribution in [-0.4, -0.2) is 38.8 Å². The molecule has 226 valence electrons. The lowest BCUT2D eigenvalue weighted by atomic mass is 10.00. The third-order valence-electron chi connectivity index (χ3n) is 7.92. The summed E-state index contributed by atoms with van der Waals surface area (Å²) < 4.78 is 58.3. The third kappa shape index (κ3) is 6.30. The summed E-state index contributed by atoms with van der Waals surface area (Å²) in [6.07, 6.45) is 1.68. The second-order valence-electron chi connectivity index (χ2n) is 11.0. The van der Waals surface area contributed by atoms with E-state index in [0.717, 1.165) is 30.5 Å². The molecule has 0 atom stereocenters. The highest BCUT2D eigenvalue weighted by atomic mass is 19.1. The summed E-state index contributed by atoms with van der Waals surface area (Å²) >= 11 is 0. The quantitative estimate of drug-likeness (QED) is 0.194. The first-order valence-corrected chi connectivity index (χ1v) is 14.4. The van der Waals surface area contributed by atoms with E-state index in [1.165, 1.54) is 12.1 Å². The molecule has 0 aliphatic carbocycles. The Balaban J connectivity index is 1.27. The Morgan fingerprint density at radius 1 is 0.955 bits per heavy atom. The zero-order valence-corrected chi connectivity index (χ0v) is 24.0. The highest BCUT2D eigenvalue weighted by Crippen LogP contribution is 2.29. The minimum Gasteiger partial charge on any atom is -0.478 e. The summed E-state index contributed by atoms with van der Waals surface area (Å²) in [7, 11) is 0. The Morgan fingerprint density at radius 2 is 1.75 bits per heavy atom. The number of carbonyl (C=O) groups is 1. The van der Waals surface area contributed by atoms with Crippen molar-refractivity contribution >= 4 is 17.0 Å². The van der Waals surface area contributed by atoms with Gasteiger partial charge in [0.15, 0.2) is 0 Å². The lowest BCUT2D eigenvalue weighted by molar-refractivity contribution is 0.0614. The molecule has 1 N–H and O–H groups in total. The number of fused-ring (bicyclic) bond motifs is 1. The molecule has 1 aliphatic rings. The number of imidazole rings is 1. The zero-order valence-electron chi connectivity index (χ0n) is 24.0. The summed E-state index contributed by atoms with van der Waals surface area (Å²) in [6.45, 7) is 3.55. The molecule has 0 amide bonds. The van der Waals surface area contributed by atoms with E-state index in [9.17, 15) is 14.3 Å². The normalized spacial score (nSPS) is 13.8. The molecule has 1 saturated heterocycles. The molecule has 0 bridgehead atoms. The number of aryl methyl sites for hydroxylation is 1. The maximum Gasteiger partial charge on any atom is 0.335 e. The van der Waals surface area contributed by atoms with Crippen LogP contribution in [0, 0.1) is 30.3 Å². The second-order valence-corrected chi connectivity index (χ2v) is 11.0. The number of hydrogen-bond donors (Lipinski definition) is 1. The lowest BCUT2D eigenvalue weighted by Crippen LogP contribution is -2.21. The minimum absolute atomic E-state index is 0.00202. The average Bonchev–Trinajstić information content (AvgIpc) is 3.34. The fourth-order valence-electron chi connectivity index (χ4n) is 5.49. The van der Waals surface area contributed by atoms with E-state index < -0.39 is 23.4 Å². The fraction of sp³-hybridized carbons (Fsp3) is 0.265. The SMILES string of the molecule is Cc1ccc(COc2cccc(-c3cc(F)c(Cc4nc5ccc(C(=O)O)cc5n4CC4CCOCC4)cc3F)n2)c(F)c1. The van der Waals surface area contributed by atoms with Crippen molar-refractivity contribution in [3.8, 4) is 17.1 Å². The van der Waals surface area contributed by atoms with Crippen LogP contribution in [0.4, 0.5) is 13.2 Å². The summed E-state index contributed by atoms with van der Waals surface area (Å²) in [6, 6.07) is 16.5. The Hall–Kier alpha value is -4.70. The van der Waals surface area contributed by atoms with Gasteiger partial charge in [-0.2, -0.15) is 0 Å². The van der Waals surface area contributed by atoms with Gasteiger partial charge in [0.25, 0.3) is 0 Å². The van der Waals surface area contributed by atoms with E-state index in [-0.39, 0.29) is 47.2 Å². The molecular formula is C34H30F3N3O4. The van der Waals surface area contributed by atoms with Gasteiger partial charge in [-0.15, -0.1) is 0 Å². The molecule has 44 heavy (non-hydrogen) atoms. The van der Waals surface area contributed by atoms with Crippen molar-refractivity contribution in [2.75, 3.05) is 13.2 Å². The Bertz CT molecular complexity index is 1850. The Labute approximate surface area is 251 Å². The van der Waals surface area contributed by atoms with Crippen molar-refractivity contribution in [2.24, 2.45) is 5.92 Å². The highest BCUT2D eigenvalue weighted by Gasteiger charge is 2.22. The number of aromatic carboxylic acids is 1. The largest absolute Gasteiger partial charge is 0.478 e. The summed E-state index contributed by atoms with van der Waals surface area (Å²) in [4.78, 5) is 20.7. The van der Waals surface area contributed by atoms with Gasteiger partial charge in [-0.05, 0) is 79.3 Å². The number of ether oxygens (including phenoxy) is 2. The molecule has 0 spiro atoms. The Kier molecular flexibility index (Phi) is 8.34. The summed E-state index contributed by atoms with van der Waals surface area (Å²) in [5, 5.41) is 9.54. The molecule has 5 aromatic rings.